The molecule has 0 spiro atoms. The first-order valence-electron chi connectivity index (χ1n) is 10.0. The molecule has 0 bridgehead atoms. The number of piperazine rings is 1. The summed E-state index contributed by atoms with van der Waals surface area (Å²) in [5.41, 5.74) is 2.44. The van der Waals surface area contributed by atoms with Gasteiger partial charge in [0, 0.05) is 44.9 Å². The van der Waals surface area contributed by atoms with Crippen molar-refractivity contribution in [1.29, 1.82) is 0 Å². The maximum atomic E-state index is 13.2. The fourth-order valence-corrected chi connectivity index (χ4v) is 3.75. The number of likely N-dealkylation sites (N-methyl/N-ethyl adjacent to an activating group) is 1. The van der Waals surface area contributed by atoms with Gasteiger partial charge in [-0.2, -0.15) is 0 Å². The molecule has 0 unspecified atom stereocenters. The fraction of sp³-hybridized carbons (Fsp3) is 0.409. The van der Waals surface area contributed by atoms with E-state index in [9.17, 15) is 4.79 Å². The van der Waals surface area contributed by atoms with Crippen molar-refractivity contribution in [3.63, 3.8) is 0 Å². The van der Waals surface area contributed by atoms with Gasteiger partial charge < -0.3 is 23.5 Å². The molecule has 6 nitrogen and oxygen atoms in total. The van der Waals surface area contributed by atoms with E-state index >= 15 is 0 Å². The smallest absolute Gasteiger partial charge is 0.270 e. The predicted molar refractivity (Wildman–Crippen MR) is 109 cm³/mol. The summed E-state index contributed by atoms with van der Waals surface area (Å²) in [5, 5.41) is 0. The Morgan fingerprint density at radius 1 is 1.11 bits per heavy atom. The molecule has 0 radical (unpaired) electrons. The Morgan fingerprint density at radius 3 is 2.64 bits per heavy atom. The minimum Gasteiger partial charge on any atom is -0.494 e. The van der Waals surface area contributed by atoms with E-state index in [4.69, 9.17) is 9.15 Å². The van der Waals surface area contributed by atoms with Gasteiger partial charge in [0.1, 0.15) is 11.4 Å². The van der Waals surface area contributed by atoms with Gasteiger partial charge in [-0.1, -0.05) is 25.1 Å². The lowest BCUT2D eigenvalue weighted by atomic mass is 10.2. The molecule has 6 heteroatoms. The number of rotatable bonds is 7. The van der Waals surface area contributed by atoms with Crippen molar-refractivity contribution in [3.05, 3.63) is 54.4 Å². The molecule has 1 fully saturated rings. The number of hydrogen-bond acceptors (Lipinski definition) is 4. The summed E-state index contributed by atoms with van der Waals surface area (Å²) in [6, 6.07) is 13.6. The van der Waals surface area contributed by atoms with Crippen LogP contribution in [-0.2, 0) is 6.54 Å². The molecule has 4 rings (SSSR count). The Balaban J connectivity index is 1.43. The molecule has 1 saturated heterocycles. The number of hydrogen-bond donors (Lipinski definition) is 0. The molecule has 3 heterocycles. The summed E-state index contributed by atoms with van der Waals surface area (Å²) in [6.07, 6.45) is 2.49. The maximum Gasteiger partial charge on any atom is 0.270 e. The number of aromatic nitrogens is 1. The molecule has 1 amide bonds. The molecule has 148 valence electrons. The van der Waals surface area contributed by atoms with Gasteiger partial charge in [0.05, 0.1) is 18.4 Å². The first-order chi connectivity index (χ1) is 13.8. The molecule has 0 aliphatic carbocycles. The molecule has 3 aromatic rings. The molecule has 0 N–H and O–H groups in total. The molecule has 2 aromatic heterocycles. The molecular weight excluding hydrogens is 354 g/mol. The number of fused-ring (bicyclic) bond motifs is 1. The molecule has 1 aliphatic heterocycles. The number of benzene rings is 1. The number of ether oxygens (including phenoxy) is 1. The SMILES string of the molecule is CCN1CCN(C(=O)c2cc3occc3n2CCCOc2ccccc2)CC1. The van der Waals surface area contributed by atoms with Crippen LogP contribution in [0, 0.1) is 0 Å². The largest absolute Gasteiger partial charge is 0.494 e. The zero-order valence-corrected chi connectivity index (χ0v) is 16.3. The molecule has 0 saturated carbocycles. The highest BCUT2D eigenvalue weighted by Gasteiger charge is 2.25. The van der Waals surface area contributed by atoms with E-state index in [1.54, 1.807) is 6.26 Å². The second-order valence-electron chi connectivity index (χ2n) is 7.09. The van der Waals surface area contributed by atoms with Gasteiger partial charge in [-0.05, 0) is 25.1 Å². The van der Waals surface area contributed by atoms with Crippen LogP contribution < -0.4 is 4.74 Å². The second kappa shape index (κ2) is 8.52. The van der Waals surface area contributed by atoms with Crippen LogP contribution in [0.3, 0.4) is 0 Å². The Morgan fingerprint density at radius 2 is 1.89 bits per heavy atom. The van der Waals surface area contributed by atoms with Crippen LogP contribution in [0.4, 0.5) is 0 Å². The van der Waals surface area contributed by atoms with Crippen LogP contribution in [0.1, 0.15) is 23.8 Å². The first-order valence-corrected chi connectivity index (χ1v) is 10.0. The number of amides is 1. The van der Waals surface area contributed by atoms with Crippen molar-refractivity contribution >= 4 is 17.0 Å². The van der Waals surface area contributed by atoms with Gasteiger partial charge in [-0.15, -0.1) is 0 Å². The third-order valence-electron chi connectivity index (χ3n) is 5.39. The van der Waals surface area contributed by atoms with Gasteiger partial charge in [0.25, 0.3) is 5.91 Å². The van der Waals surface area contributed by atoms with Gasteiger partial charge >= 0.3 is 0 Å². The highest BCUT2D eigenvalue weighted by Crippen LogP contribution is 2.23. The Labute approximate surface area is 165 Å². The number of carbonyl (C=O) groups excluding carboxylic acids is 1. The summed E-state index contributed by atoms with van der Waals surface area (Å²) in [6.45, 7) is 7.93. The van der Waals surface area contributed by atoms with E-state index in [1.165, 1.54) is 0 Å². The van der Waals surface area contributed by atoms with Crippen LogP contribution in [-0.4, -0.2) is 59.6 Å². The average Bonchev–Trinajstić information content (AvgIpc) is 3.33. The fourth-order valence-electron chi connectivity index (χ4n) is 3.75. The molecule has 1 aromatic carbocycles. The third-order valence-corrected chi connectivity index (χ3v) is 5.39. The molecular formula is C22H27N3O3. The summed E-state index contributed by atoms with van der Waals surface area (Å²) in [5.74, 6) is 0.958. The van der Waals surface area contributed by atoms with E-state index in [0.717, 1.165) is 56.0 Å². The molecule has 28 heavy (non-hydrogen) atoms. The monoisotopic (exact) mass is 381 g/mol. The number of carbonyl (C=O) groups is 1. The summed E-state index contributed by atoms with van der Waals surface area (Å²) in [7, 11) is 0. The van der Waals surface area contributed by atoms with Gasteiger partial charge in [0.15, 0.2) is 5.58 Å². The van der Waals surface area contributed by atoms with Crippen LogP contribution in [0.15, 0.2) is 53.1 Å². The number of aryl methyl sites for hydroxylation is 1. The van der Waals surface area contributed by atoms with Gasteiger partial charge in [-0.25, -0.2) is 0 Å². The quantitative estimate of drug-likeness (QED) is 0.588. The minimum atomic E-state index is 0.0890. The van der Waals surface area contributed by atoms with E-state index in [-0.39, 0.29) is 5.91 Å². The van der Waals surface area contributed by atoms with E-state index < -0.39 is 0 Å². The Kier molecular flexibility index (Phi) is 5.67. The lowest BCUT2D eigenvalue weighted by Gasteiger charge is -2.34. The number of furan rings is 1. The standard InChI is InChI=1S/C22H27N3O3/c1-2-23-11-13-24(14-12-23)22(26)20-17-21-19(9-16-28-21)25(20)10-6-15-27-18-7-4-3-5-8-18/h3-5,7-9,16-17H,2,6,10-15H2,1H3. The van der Waals surface area contributed by atoms with Crippen LogP contribution in [0.25, 0.3) is 11.1 Å². The van der Waals surface area contributed by atoms with Crippen molar-refractivity contribution in [2.45, 2.75) is 19.9 Å². The Hall–Kier alpha value is -2.73. The maximum absolute atomic E-state index is 13.2. The van der Waals surface area contributed by atoms with Crippen molar-refractivity contribution in [2.24, 2.45) is 0 Å². The first kappa shape index (κ1) is 18.6. The lowest BCUT2D eigenvalue weighted by Crippen LogP contribution is -2.48. The predicted octanol–water partition coefficient (Wildman–Crippen LogP) is 3.48. The highest BCUT2D eigenvalue weighted by atomic mass is 16.5. The van der Waals surface area contributed by atoms with Crippen molar-refractivity contribution in [3.8, 4) is 5.75 Å². The van der Waals surface area contributed by atoms with Gasteiger partial charge in [-0.3, -0.25) is 4.79 Å². The topological polar surface area (TPSA) is 50.8 Å². The summed E-state index contributed by atoms with van der Waals surface area (Å²) in [4.78, 5) is 17.5. The minimum absolute atomic E-state index is 0.0890. The normalized spacial score (nSPS) is 15.2. The van der Waals surface area contributed by atoms with E-state index in [0.29, 0.717) is 18.8 Å². The zero-order chi connectivity index (χ0) is 19.3. The lowest BCUT2D eigenvalue weighted by molar-refractivity contribution is 0.0632. The highest BCUT2D eigenvalue weighted by molar-refractivity contribution is 5.97. The average molecular weight is 381 g/mol. The van der Waals surface area contributed by atoms with Crippen LogP contribution in [0.5, 0.6) is 5.75 Å². The van der Waals surface area contributed by atoms with Crippen LogP contribution in [0.2, 0.25) is 0 Å². The molecule has 1 aliphatic rings. The van der Waals surface area contributed by atoms with Crippen LogP contribution >= 0.6 is 0 Å². The number of nitrogens with zero attached hydrogens (tertiary/aromatic N) is 3. The second-order valence-corrected chi connectivity index (χ2v) is 7.09. The summed E-state index contributed by atoms with van der Waals surface area (Å²) >= 11 is 0. The zero-order valence-electron chi connectivity index (χ0n) is 16.3. The van der Waals surface area contributed by atoms with Crippen molar-refractivity contribution in [2.75, 3.05) is 39.3 Å². The van der Waals surface area contributed by atoms with Crippen molar-refractivity contribution < 1.29 is 13.9 Å². The summed E-state index contributed by atoms with van der Waals surface area (Å²) < 4.78 is 13.4. The Bertz CT molecular complexity index is 908. The van der Waals surface area contributed by atoms with Gasteiger partial charge in [0.2, 0.25) is 0 Å². The number of para-hydroxylation sites is 1. The van der Waals surface area contributed by atoms with E-state index in [2.05, 4.69) is 16.4 Å². The van der Waals surface area contributed by atoms with E-state index in [1.807, 2.05) is 47.4 Å². The van der Waals surface area contributed by atoms with Crippen molar-refractivity contribution in [1.82, 2.24) is 14.4 Å². The molecule has 0 atom stereocenters. The third kappa shape index (κ3) is 3.92.